The molecule has 5 nitrogen and oxygen atoms in total. The molecule has 0 aliphatic rings. The first kappa shape index (κ1) is 21.4. The van der Waals surface area contributed by atoms with Gasteiger partial charge in [0, 0.05) is 6.54 Å². The van der Waals surface area contributed by atoms with Crippen molar-refractivity contribution in [3.8, 4) is 11.5 Å². The smallest absolute Gasteiger partial charge is 0.387 e. The van der Waals surface area contributed by atoms with E-state index in [0.29, 0.717) is 19.4 Å². The monoisotopic (exact) mass is 352 g/mol. The highest BCUT2D eigenvalue weighted by molar-refractivity contribution is 5.85. The first-order valence-corrected chi connectivity index (χ1v) is 7.13. The van der Waals surface area contributed by atoms with Crippen LogP contribution in [-0.2, 0) is 11.2 Å². The van der Waals surface area contributed by atoms with Gasteiger partial charge in [0.05, 0.1) is 13.2 Å². The number of ether oxygens (including phenoxy) is 2. The third-order valence-corrected chi connectivity index (χ3v) is 3.09. The lowest BCUT2D eigenvalue weighted by Crippen LogP contribution is -2.41. The van der Waals surface area contributed by atoms with E-state index in [-0.39, 0.29) is 29.8 Å². The zero-order chi connectivity index (χ0) is 16.5. The normalized spacial score (nSPS) is 11.6. The summed E-state index contributed by atoms with van der Waals surface area (Å²) in [7, 11) is 1.38. The molecule has 132 valence electrons. The van der Waals surface area contributed by atoms with Crippen molar-refractivity contribution in [1.82, 2.24) is 5.32 Å². The highest BCUT2D eigenvalue weighted by Gasteiger charge is 2.13. The summed E-state index contributed by atoms with van der Waals surface area (Å²) >= 11 is 0. The number of nitrogens with two attached hydrogens (primary N) is 1. The number of amides is 1. The van der Waals surface area contributed by atoms with Gasteiger partial charge in [-0.15, -0.1) is 12.4 Å². The molecule has 1 aromatic rings. The molecule has 0 radical (unpaired) electrons. The molecule has 23 heavy (non-hydrogen) atoms. The fraction of sp³-hybridized carbons (Fsp3) is 0.533. The molecular weight excluding hydrogens is 330 g/mol. The Hall–Kier alpha value is -1.60. The molecule has 8 heteroatoms. The molecule has 0 bridgehead atoms. The molecular formula is C15H23ClF2N2O3. The first-order valence-electron chi connectivity index (χ1n) is 7.13. The molecule has 1 rings (SSSR count). The van der Waals surface area contributed by atoms with Crippen LogP contribution in [-0.4, -0.2) is 32.2 Å². The van der Waals surface area contributed by atoms with Crippen molar-refractivity contribution < 1.29 is 23.0 Å². The van der Waals surface area contributed by atoms with Gasteiger partial charge in [-0.25, -0.2) is 0 Å². The van der Waals surface area contributed by atoms with Gasteiger partial charge in [-0.05, 0) is 30.5 Å². The van der Waals surface area contributed by atoms with Crippen LogP contribution < -0.4 is 20.5 Å². The van der Waals surface area contributed by atoms with Gasteiger partial charge in [0.2, 0.25) is 5.91 Å². The summed E-state index contributed by atoms with van der Waals surface area (Å²) in [6.07, 6.45) is 1.94. The molecule has 1 aromatic carbocycles. The van der Waals surface area contributed by atoms with Gasteiger partial charge >= 0.3 is 6.61 Å². The zero-order valence-corrected chi connectivity index (χ0v) is 14.0. The van der Waals surface area contributed by atoms with Gasteiger partial charge < -0.3 is 20.5 Å². The van der Waals surface area contributed by atoms with Gasteiger partial charge in [-0.2, -0.15) is 8.78 Å². The molecule has 0 aromatic heterocycles. The second-order valence-electron chi connectivity index (χ2n) is 4.80. The quantitative estimate of drug-likeness (QED) is 0.716. The van der Waals surface area contributed by atoms with Gasteiger partial charge in [-0.3, -0.25) is 4.79 Å². The topological polar surface area (TPSA) is 73.6 Å². The van der Waals surface area contributed by atoms with Crippen molar-refractivity contribution in [1.29, 1.82) is 0 Å². The standard InChI is InChI=1S/C15H22F2N2O3.ClH/c1-3-4-11(18)14(20)19-8-7-10-5-6-12(21-2)13(9-10)22-15(16)17;/h5-6,9,11,15H,3-4,7-8,18H2,1-2H3,(H,19,20);1H. The average molecular weight is 353 g/mol. The molecule has 0 saturated heterocycles. The molecule has 0 fully saturated rings. The fourth-order valence-corrected chi connectivity index (χ4v) is 1.97. The maximum Gasteiger partial charge on any atom is 0.387 e. The number of carbonyl (C=O) groups is 1. The predicted octanol–water partition coefficient (Wildman–Crippen LogP) is 2.50. The van der Waals surface area contributed by atoms with Crippen LogP contribution >= 0.6 is 12.4 Å². The van der Waals surface area contributed by atoms with Crippen molar-refractivity contribution in [2.45, 2.75) is 38.8 Å². The van der Waals surface area contributed by atoms with Crippen LogP contribution in [0.5, 0.6) is 11.5 Å². The third kappa shape index (κ3) is 7.47. The molecule has 3 N–H and O–H groups in total. The van der Waals surface area contributed by atoms with E-state index in [1.807, 2.05) is 6.92 Å². The molecule has 1 amide bonds. The molecule has 1 unspecified atom stereocenters. The molecule has 1 atom stereocenters. The summed E-state index contributed by atoms with van der Waals surface area (Å²) in [6, 6.07) is 4.24. The molecule has 0 saturated carbocycles. The number of benzene rings is 1. The maximum absolute atomic E-state index is 12.3. The number of hydrogen-bond donors (Lipinski definition) is 2. The summed E-state index contributed by atoms with van der Waals surface area (Å²) in [5.74, 6) is 0.00137. The largest absolute Gasteiger partial charge is 0.493 e. The summed E-state index contributed by atoms with van der Waals surface area (Å²) in [4.78, 5) is 11.7. The van der Waals surface area contributed by atoms with Gasteiger partial charge in [0.1, 0.15) is 0 Å². The highest BCUT2D eigenvalue weighted by Crippen LogP contribution is 2.29. The Morgan fingerprint density at radius 2 is 2.04 bits per heavy atom. The van der Waals surface area contributed by atoms with Crippen LogP contribution in [0.15, 0.2) is 18.2 Å². The number of carbonyl (C=O) groups excluding carboxylic acids is 1. The lowest BCUT2D eigenvalue weighted by molar-refractivity contribution is -0.122. The van der Waals surface area contributed by atoms with E-state index < -0.39 is 12.7 Å². The second kappa shape index (κ2) is 11.0. The summed E-state index contributed by atoms with van der Waals surface area (Å²) < 4.78 is 34.0. The SMILES string of the molecule is CCCC(N)C(=O)NCCc1ccc(OC)c(OC(F)F)c1.Cl. The number of halogens is 3. The summed E-state index contributed by atoms with van der Waals surface area (Å²) in [5.41, 5.74) is 6.44. The maximum atomic E-state index is 12.3. The van der Waals surface area contributed by atoms with E-state index in [1.165, 1.54) is 13.2 Å². The van der Waals surface area contributed by atoms with Crippen molar-refractivity contribution >= 4 is 18.3 Å². The lowest BCUT2D eigenvalue weighted by atomic mass is 10.1. The van der Waals surface area contributed by atoms with Crippen molar-refractivity contribution in [3.63, 3.8) is 0 Å². The molecule has 0 heterocycles. The van der Waals surface area contributed by atoms with Gasteiger partial charge in [0.15, 0.2) is 11.5 Å². The van der Waals surface area contributed by atoms with E-state index in [2.05, 4.69) is 10.1 Å². The van der Waals surface area contributed by atoms with Crippen LogP contribution in [0.3, 0.4) is 0 Å². The molecule has 0 aliphatic heterocycles. The minimum absolute atomic E-state index is 0. The molecule has 0 aliphatic carbocycles. The van der Waals surface area contributed by atoms with Crippen molar-refractivity contribution in [2.75, 3.05) is 13.7 Å². The van der Waals surface area contributed by atoms with Gasteiger partial charge in [-0.1, -0.05) is 19.4 Å². The number of methoxy groups -OCH3 is 1. The Kier molecular flexibility index (Phi) is 10.2. The second-order valence-corrected chi connectivity index (χ2v) is 4.80. The van der Waals surface area contributed by atoms with E-state index >= 15 is 0 Å². The Balaban J connectivity index is 0.00000484. The minimum atomic E-state index is -2.92. The van der Waals surface area contributed by atoms with Crippen molar-refractivity contribution in [2.24, 2.45) is 5.73 Å². The molecule has 0 spiro atoms. The Morgan fingerprint density at radius 1 is 1.35 bits per heavy atom. The van der Waals surface area contributed by atoms with Crippen LogP contribution in [0.2, 0.25) is 0 Å². The van der Waals surface area contributed by atoms with Crippen molar-refractivity contribution in [3.05, 3.63) is 23.8 Å². The fourth-order valence-electron chi connectivity index (χ4n) is 1.97. The first-order chi connectivity index (χ1) is 10.5. The highest BCUT2D eigenvalue weighted by atomic mass is 35.5. The number of nitrogens with one attached hydrogen (secondary N) is 1. The summed E-state index contributed by atoms with van der Waals surface area (Å²) in [6.45, 7) is -0.595. The zero-order valence-electron chi connectivity index (χ0n) is 13.2. The van der Waals surface area contributed by atoms with Crippen LogP contribution in [0, 0.1) is 0 Å². The minimum Gasteiger partial charge on any atom is -0.493 e. The third-order valence-electron chi connectivity index (χ3n) is 3.09. The van der Waals surface area contributed by atoms with E-state index in [4.69, 9.17) is 10.5 Å². The van der Waals surface area contributed by atoms with Crippen LogP contribution in [0.4, 0.5) is 8.78 Å². The number of rotatable bonds is 9. The van der Waals surface area contributed by atoms with E-state index in [1.54, 1.807) is 12.1 Å². The number of alkyl halides is 2. The predicted molar refractivity (Wildman–Crippen MR) is 86.5 cm³/mol. The Morgan fingerprint density at radius 3 is 2.61 bits per heavy atom. The summed E-state index contributed by atoms with van der Waals surface area (Å²) in [5, 5.41) is 2.72. The average Bonchev–Trinajstić information content (AvgIpc) is 2.47. The van der Waals surface area contributed by atoms with Crippen LogP contribution in [0.25, 0.3) is 0 Å². The Bertz CT molecular complexity index is 490. The van der Waals surface area contributed by atoms with E-state index in [0.717, 1.165) is 12.0 Å². The van der Waals surface area contributed by atoms with Crippen LogP contribution in [0.1, 0.15) is 25.3 Å². The van der Waals surface area contributed by atoms with Gasteiger partial charge in [0.25, 0.3) is 0 Å². The lowest BCUT2D eigenvalue weighted by Gasteiger charge is -2.13. The Labute approximate surface area is 140 Å². The number of hydrogen-bond acceptors (Lipinski definition) is 4. The van der Waals surface area contributed by atoms with E-state index in [9.17, 15) is 13.6 Å².